The molecule has 3 N–H and O–H groups in total. The molecule has 0 amide bonds. The van der Waals surface area contributed by atoms with E-state index in [1.54, 1.807) is 36.9 Å². The maximum absolute atomic E-state index is 12.6. The topological polar surface area (TPSA) is 91.4 Å². The van der Waals surface area contributed by atoms with Gasteiger partial charge >= 0.3 is 6.18 Å². The van der Waals surface area contributed by atoms with Crippen LogP contribution in [0.5, 0.6) is 0 Å². The molecule has 7 nitrogen and oxygen atoms in total. The van der Waals surface area contributed by atoms with Gasteiger partial charge in [-0.15, -0.1) is 0 Å². The van der Waals surface area contributed by atoms with Gasteiger partial charge in [0, 0.05) is 41.6 Å². The van der Waals surface area contributed by atoms with E-state index in [4.69, 9.17) is 23.2 Å². The summed E-state index contributed by atoms with van der Waals surface area (Å²) in [5, 5.41) is 6.96. The number of halogens is 5. The quantitative estimate of drug-likeness (QED) is 0.282. The predicted octanol–water partition coefficient (Wildman–Crippen LogP) is 5.78. The van der Waals surface area contributed by atoms with Crippen molar-refractivity contribution in [3.8, 4) is 22.5 Å². The van der Waals surface area contributed by atoms with E-state index in [-0.39, 0.29) is 0 Å². The first-order valence-corrected chi connectivity index (χ1v) is 10.4. The van der Waals surface area contributed by atoms with Crippen molar-refractivity contribution < 1.29 is 13.2 Å². The number of aromatic amines is 1. The standard InChI is InChI=1S/C21H16Cl2F3N7/c22-13-2-3-14(16(23)7-13)19-15(17-10-27-11-32-17)9-31-20(33-19)29-6-5-28-18-4-1-12(8-30-18)21(24,25)26/h1-4,7-11H,5-6H2,(H,27,32)(H,28,30)(H,29,31,33). The lowest BCUT2D eigenvalue weighted by Gasteiger charge is -2.13. The van der Waals surface area contributed by atoms with E-state index in [1.807, 2.05) is 0 Å². The van der Waals surface area contributed by atoms with Gasteiger partial charge in [-0.05, 0) is 30.3 Å². The van der Waals surface area contributed by atoms with Gasteiger partial charge < -0.3 is 15.6 Å². The molecule has 3 heterocycles. The minimum Gasteiger partial charge on any atom is -0.368 e. The monoisotopic (exact) mass is 493 g/mol. The van der Waals surface area contributed by atoms with Crippen molar-refractivity contribution in [2.75, 3.05) is 23.7 Å². The molecule has 4 rings (SSSR count). The molecule has 0 aliphatic rings. The zero-order valence-corrected chi connectivity index (χ0v) is 18.3. The first kappa shape index (κ1) is 22.8. The summed E-state index contributed by atoms with van der Waals surface area (Å²) in [6, 6.07) is 7.37. The molecular weight excluding hydrogens is 478 g/mol. The molecule has 0 aliphatic carbocycles. The second-order valence-electron chi connectivity index (χ2n) is 6.83. The van der Waals surface area contributed by atoms with Crippen molar-refractivity contribution in [3.63, 3.8) is 0 Å². The number of H-pyrrole nitrogens is 1. The highest BCUT2D eigenvalue weighted by molar-refractivity contribution is 6.36. The van der Waals surface area contributed by atoms with Crippen LogP contribution < -0.4 is 10.6 Å². The Morgan fingerprint density at radius 2 is 1.73 bits per heavy atom. The van der Waals surface area contributed by atoms with Crippen molar-refractivity contribution in [1.82, 2.24) is 24.9 Å². The summed E-state index contributed by atoms with van der Waals surface area (Å²) in [5.74, 6) is 0.676. The molecule has 0 fully saturated rings. The third kappa shape index (κ3) is 5.52. The fourth-order valence-electron chi connectivity index (χ4n) is 2.99. The summed E-state index contributed by atoms with van der Waals surface area (Å²) in [7, 11) is 0. The van der Waals surface area contributed by atoms with Gasteiger partial charge in [0.25, 0.3) is 0 Å². The number of aromatic nitrogens is 5. The summed E-state index contributed by atoms with van der Waals surface area (Å²) < 4.78 is 37.9. The highest BCUT2D eigenvalue weighted by Gasteiger charge is 2.30. The minimum absolute atomic E-state index is 0.328. The summed E-state index contributed by atoms with van der Waals surface area (Å²) >= 11 is 12.4. The third-order valence-electron chi connectivity index (χ3n) is 4.57. The van der Waals surface area contributed by atoms with Gasteiger partial charge in [0.1, 0.15) is 5.82 Å². The zero-order chi connectivity index (χ0) is 23.4. The Morgan fingerprint density at radius 1 is 0.909 bits per heavy atom. The molecule has 0 unspecified atom stereocenters. The SMILES string of the molecule is FC(F)(F)c1ccc(NCCNc2ncc(-c3cnc[nH]3)c(-c3ccc(Cl)cc3Cl)n2)nc1. The van der Waals surface area contributed by atoms with E-state index in [2.05, 4.69) is 35.6 Å². The summed E-state index contributed by atoms with van der Waals surface area (Å²) in [5.41, 5.74) is 1.87. The molecule has 0 atom stereocenters. The van der Waals surface area contributed by atoms with E-state index < -0.39 is 11.7 Å². The van der Waals surface area contributed by atoms with Gasteiger partial charge in [-0.2, -0.15) is 13.2 Å². The second-order valence-corrected chi connectivity index (χ2v) is 7.67. The lowest BCUT2D eigenvalue weighted by atomic mass is 10.1. The number of anilines is 2. The molecule has 0 bridgehead atoms. The van der Waals surface area contributed by atoms with Crippen LogP contribution in [0, 0.1) is 0 Å². The Bertz CT molecular complexity index is 1230. The van der Waals surface area contributed by atoms with Crippen LogP contribution >= 0.6 is 23.2 Å². The number of benzene rings is 1. The molecule has 4 aromatic rings. The first-order valence-electron chi connectivity index (χ1n) is 9.63. The van der Waals surface area contributed by atoms with E-state index in [0.29, 0.717) is 51.7 Å². The van der Waals surface area contributed by atoms with Crippen molar-refractivity contribution in [2.45, 2.75) is 6.18 Å². The first-order chi connectivity index (χ1) is 15.8. The molecule has 0 radical (unpaired) electrons. The van der Waals surface area contributed by atoms with Crippen molar-refractivity contribution in [3.05, 3.63) is 70.9 Å². The average Bonchev–Trinajstić information content (AvgIpc) is 3.31. The zero-order valence-electron chi connectivity index (χ0n) is 16.8. The molecule has 0 spiro atoms. The smallest absolute Gasteiger partial charge is 0.368 e. The van der Waals surface area contributed by atoms with Gasteiger partial charge in [-0.25, -0.2) is 19.9 Å². The number of hydrogen-bond acceptors (Lipinski definition) is 6. The summed E-state index contributed by atoms with van der Waals surface area (Å²) in [6.45, 7) is 0.765. The van der Waals surface area contributed by atoms with Crippen molar-refractivity contribution >= 4 is 35.0 Å². The highest BCUT2D eigenvalue weighted by Crippen LogP contribution is 2.35. The number of nitrogens with zero attached hydrogens (tertiary/aromatic N) is 4. The van der Waals surface area contributed by atoms with Crippen LogP contribution in [0.3, 0.4) is 0 Å². The van der Waals surface area contributed by atoms with Crippen LogP contribution in [0.2, 0.25) is 10.0 Å². The van der Waals surface area contributed by atoms with Gasteiger partial charge in [-0.3, -0.25) is 0 Å². The number of hydrogen-bond donors (Lipinski definition) is 3. The summed E-state index contributed by atoms with van der Waals surface area (Å²) in [4.78, 5) is 19.8. The molecule has 0 aliphatic heterocycles. The van der Waals surface area contributed by atoms with E-state index in [0.717, 1.165) is 18.0 Å². The molecule has 33 heavy (non-hydrogen) atoms. The molecule has 12 heteroatoms. The predicted molar refractivity (Wildman–Crippen MR) is 121 cm³/mol. The molecule has 0 saturated heterocycles. The van der Waals surface area contributed by atoms with Gasteiger partial charge in [-0.1, -0.05) is 23.2 Å². The van der Waals surface area contributed by atoms with E-state index in [9.17, 15) is 13.2 Å². The third-order valence-corrected chi connectivity index (χ3v) is 5.12. The Morgan fingerprint density at radius 3 is 2.39 bits per heavy atom. The van der Waals surface area contributed by atoms with E-state index >= 15 is 0 Å². The Labute approximate surface area is 196 Å². The fourth-order valence-corrected chi connectivity index (χ4v) is 3.48. The number of nitrogens with one attached hydrogen (secondary N) is 3. The maximum Gasteiger partial charge on any atom is 0.417 e. The normalized spacial score (nSPS) is 11.4. The highest BCUT2D eigenvalue weighted by atomic mass is 35.5. The molecule has 3 aromatic heterocycles. The fraction of sp³-hybridized carbons (Fsp3) is 0.143. The lowest BCUT2D eigenvalue weighted by molar-refractivity contribution is -0.137. The van der Waals surface area contributed by atoms with Gasteiger partial charge in [0.05, 0.1) is 34.5 Å². The lowest BCUT2D eigenvalue weighted by Crippen LogP contribution is -2.16. The largest absolute Gasteiger partial charge is 0.417 e. The maximum atomic E-state index is 12.6. The van der Waals surface area contributed by atoms with Crippen LogP contribution in [-0.2, 0) is 6.18 Å². The molecule has 0 saturated carbocycles. The van der Waals surface area contributed by atoms with Gasteiger partial charge in [0.15, 0.2) is 0 Å². The number of imidazole rings is 1. The average molecular weight is 494 g/mol. The Balaban J connectivity index is 1.47. The molecule has 1 aromatic carbocycles. The van der Waals surface area contributed by atoms with Crippen LogP contribution in [0.25, 0.3) is 22.5 Å². The van der Waals surface area contributed by atoms with Crippen LogP contribution in [0.4, 0.5) is 24.9 Å². The van der Waals surface area contributed by atoms with E-state index in [1.165, 1.54) is 6.07 Å². The van der Waals surface area contributed by atoms with Crippen LogP contribution in [-0.4, -0.2) is 38.0 Å². The number of rotatable bonds is 7. The molecular formula is C21H16Cl2F3N7. The van der Waals surface area contributed by atoms with Crippen LogP contribution in [0.15, 0.2) is 55.2 Å². The minimum atomic E-state index is -4.42. The number of alkyl halides is 3. The summed E-state index contributed by atoms with van der Waals surface area (Å²) in [6.07, 6.45) is 1.22. The Hall–Kier alpha value is -3.37. The van der Waals surface area contributed by atoms with Crippen molar-refractivity contribution in [2.24, 2.45) is 0 Å². The Kier molecular flexibility index (Phi) is 6.66. The van der Waals surface area contributed by atoms with Crippen molar-refractivity contribution in [1.29, 1.82) is 0 Å². The molecule has 170 valence electrons. The second kappa shape index (κ2) is 9.63. The van der Waals surface area contributed by atoms with Crippen LogP contribution in [0.1, 0.15) is 5.56 Å². The number of pyridine rings is 1. The van der Waals surface area contributed by atoms with Gasteiger partial charge in [0.2, 0.25) is 5.95 Å².